The molecule has 0 radical (unpaired) electrons. The van der Waals surface area contributed by atoms with Gasteiger partial charge in [0.25, 0.3) is 0 Å². The second kappa shape index (κ2) is 6.33. The highest BCUT2D eigenvalue weighted by Gasteiger charge is 2.35. The van der Waals surface area contributed by atoms with Gasteiger partial charge in [0.15, 0.2) is 5.72 Å². The lowest BCUT2D eigenvalue weighted by molar-refractivity contribution is -0.0589. The molecule has 1 N–H and O–H groups in total. The molecule has 0 aromatic heterocycles. The number of hydrogen-bond donors (Lipinski definition) is 1. The van der Waals surface area contributed by atoms with E-state index in [-0.39, 0.29) is 5.78 Å². The standard InChI is InChI=1S/C13H18N4O2/c1-4-17(5-2)13(3,19)12(18)10-6-8-11(9-7-10)15-16-14/h6-9,19H,4-5H2,1-3H3. The van der Waals surface area contributed by atoms with Crippen molar-refractivity contribution in [3.63, 3.8) is 0 Å². The average molecular weight is 262 g/mol. The van der Waals surface area contributed by atoms with Gasteiger partial charge >= 0.3 is 0 Å². The van der Waals surface area contributed by atoms with Crippen molar-refractivity contribution in [1.82, 2.24) is 4.90 Å². The molecule has 102 valence electrons. The van der Waals surface area contributed by atoms with Crippen LogP contribution in [0.2, 0.25) is 0 Å². The maximum Gasteiger partial charge on any atom is 0.209 e. The summed E-state index contributed by atoms with van der Waals surface area (Å²) in [6.45, 7) is 6.41. The second-order valence-electron chi connectivity index (χ2n) is 4.26. The molecule has 0 amide bonds. The summed E-state index contributed by atoms with van der Waals surface area (Å²) < 4.78 is 0. The Bertz CT molecular complexity index is 486. The summed E-state index contributed by atoms with van der Waals surface area (Å²) in [5.41, 5.74) is 7.59. The van der Waals surface area contributed by atoms with E-state index in [1.165, 1.54) is 6.92 Å². The van der Waals surface area contributed by atoms with E-state index in [4.69, 9.17) is 5.53 Å². The third-order valence-corrected chi connectivity index (χ3v) is 3.10. The van der Waals surface area contributed by atoms with Crippen molar-refractivity contribution in [2.24, 2.45) is 5.11 Å². The molecule has 1 aromatic rings. The summed E-state index contributed by atoms with van der Waals surface area (Å²) in [7, 11) is 0. The third kappa shape index (κ3) is 3.32. The number of hydrogen-bond acceptors (Lipinski definition) is 4. The van der Waals surface area contributed by atoms with Crippen molar-refractivity contribution in [2.45, 2.75) is 26.5 Å². The first-order chi connectivity index (χ1) is 8.97. The van der Waals surface area contributed by atoms with Crippen LogP contribution in [-0.2, 0) is 0 Å². The number of benzene rings is 1. The summed E-state index contributed by atoms with van der Waals surface area (Å²) in [5.74, 6) is -0.372. The summed E-state index contributed by atoms with van der Waals surface area (Å²) in [6.07, 6.45) is 0. The molecular weight excluding hydrogens is 244 g/mol. The Balaban J connectivity index is 3.02. The van der Waals surface area contributed by atoms with Crippen LogP contribution in [0.1, 0.15) is 31.1 Å². The third-order valence-electron chi connectivity index (χ3n) is 3.10. The van der Waals surface area contributed by atoms with Gasteiger partial charge in [-0.05, 0) is 25.5 Å². The predicted octanol–water partition coefficient (Wildman–Crippen LogP) is 2.86. The lowest BCUT2D eigenvalue weighted by Crippen LogP contribution is -2.52. The molecule has 1 unspecified atom stereocenters. The van der Waals surface area contributed by atoms with Gasteiger partial charge in [0.2, 0.25) is 5.78 Å². The predicted molar refractivity (Wildman–Crippen MR) is 73.1 cm³/mol. The van der Waals surface area contributed by atoms with Crippen LogP contribution in [0.15, 0.2) is 29.4 Å². The van der Waals surface area contributed by atoms with Crippen molar-refractivity contribution in [1.29, 1.82) is 0 Å². The lowest BCUT2D eigenvalue weighted by Gasteiger charge is -2.34. The van der Waals surface area contributed by atoms with Gasteiger partial charge in [-0.25, -0.2) is 0 Å². The highest BCUT2D eigenvalue weighted by Crippen LogP contribution is 2.20. The van der Waals surface area contributed by atoms with E-state index in [1.54, 1.807) is 29.2 Å². The molecule has 0 aliphatic carbocycles. The summed E-state index contributed by atoms with van der Waals surface area (Å²) in [6, 6.07) is 6.19. The van der Waals surface area contributed by atoms with Gasteiger partial charge in [0.05, 0.1) is 0 Å². The fourth-order valence-electron chi connectivity index (χ4n) is 1.99. The van der Waals surface area contributed by atoms with E-state index in [0.717, 1.165) is 0 Å². The summed E-state index contributed by atoms with van der Waals surface area (Å²) in [4.78, 5) is 16.6. The first-order valence-corrected chi connectivity index (χ1v) is 6.14. The molecule has 1 aromatic carbocycles. The molecule has 6 nitrogen and oxygen atoms in total. The van der Waals surface area contributed by atoms with E-state index >= 15 is 0 Å². The van der Waals surface area contributed by atoms with Crippen molar-refractivity contribution >= 4 is 11.5 Å². The van der Waals surface area contributed by atoms with E-state index in [0.29, 0.717) is 24.3 Å². The van der Waals surface area contributed by atoms with Gasteiger partial charge in [-0.1, -0.05) is 43.2 Å². The average Bonchev–Trinajstić information content (AvgIpc) is 2.40. The van der Waals surface area contributed by atoms with Crippen LogP contribution in [0.5, 0.6) is 0 Å². The fraction of sp³-hybridized carbons (Fsp3) is 0.462. The van der Waals surface area contributed by atoms with E-state index in [9.17, 15) is 9.90 Å². The zero-order valence-electron chi connectivity index (χ0n) is 11.4. The van der Waals surface area contributed by atoms with E-state index in [2.05, 4.69) is 10.0 Å². The van der Waals surface area contributed by atoms with Gasteiger partial charge in [0.1, 0.15) is 0 Å². The minimum absolute atomic E-state index is 0.372. The Morgan fingerprint density at radius 1 is 1.37 bits per heavy atom. The highest BCUT2D eigenvalue weighted by atomic mass is 16.3. The number of nitrogens with zero attached hydrogens (tertiary/aromatic N) is 4. The lowest BCUT2D eigenvalue weighted by atomic mass is 10.0. The van der Waals surface area contributed by atoms with Crippen molar-refractivity contribution < 1.29 is 9.90 Å². The molecule has 0 aliphatic heterocycles. The molecule has 0 aliphatic rings. The number of ketones is 1. The summed E-state index contributed by atoms with van der Waals surface area (Å²) in [5, 5.41) is 13.8. The van der Waals surface area contributed by atoms with E-state index < -0.39 is 5.72 Å². The first-order valence-electron chi connectivity index (χ1n) is 6.14. The quantitative estimate of drug-likeness (QED) is 0.281. The number of azide groups is 1. The van der Waals surface area contributed by atoms with Gasteiger partial charge in [-0.3, -0.25) is 9.69 Å². The second-order valence-corrected chi connectivity index (χ2v) is 4.26. The van der Waals surface area contributed by atoms with Crippen LogP contribution < -0.4 is 0 Å². The number of carbonyl (C=O) groups excluding carboxylic acids is 1. The molecule has 0 bridgehead atoms. The van der Waals surface area contributed by atoms with Gasteiger partial charge in [0, 0.05) is 16.2 Å². The molecule has 1 atom stereocenters. The maximum atomic E-state index is 12.3. The van der Waals surface area contributed by atoms with Crippen LogP contribution in [0.4, 0.5) is 5.69 Å². The van der Waals surface area contributed by atoms with Crippen LogP contribution in [0.25, 0.3) is 10.4 Å². The van der Waals surface area contributed by atoms with Gasteiger partial charge in [-0.15, -0.1) is 0 Å². The Morgan fingerprint density at radius 3 is 2.32 bits per heavy atom. The number of aliphatic hydroxyl groups is 1. The minimum atomic E-state index is -1.54. The molecule has 1 rings (SSSR count). The van der Waals surface area contributed by atoms with Crippen LogP contribution in [0.3, 0.4) is 0 Å². The Morgan fingerprint density at radius 2 is 1.89 bits per heavy atom. The molecule has 0 saturated heterocycles. The number of Topliss-reactive ketones (excluding diaryl/α,β-unsaturated/α-hetero) is 1. The zero-order chi connectivity index (χ0) is 14.5. The fourth-order valence-corrected chi connectivity index (χ4v) is 1.99. The van der Waals surface area contributed by atoms with Gasteiger partial charge in [-0.2, -0.15) is 0 Å². The Hall–Kier alpha value is -1.88. The minimum Gasteiger partial charge on any atom is -0.369 e. The van der Waals surface area contributed by atoms with Crippen molar-refractivity contribution in [2.75, 3.05) is 13.1 Å². The Labute approximate surface area is 112 Å². The largest absolute Gasteiger partial charge is 0.369 e. The molecule has 0 heterocycles. The van der Waals surface area contributed by atoms with Crippen LogP contribution >= 0.6 is 0 Å². The monoisotopic (exact) mass is 262 g/mol. The molecular formula is C13H18N4O2. The van der Waals surface area contributed by atoms with Crippen LogP contribution in [0, 0.1) is 0 Å². The molecule has 0 saturated carbocycles. The first kappa shape index (κ1) is 15.2. The summed E-state index contributed by atoms with van der Waals surface area (Å²) >= 11 is 0. The molecule has 6 heteroatoms. The molecule has 0 spiro atoms. The SMILES string of the molecule is CCN(CC)C(C)(O)C(=O)c1ccc(N=[N+]=[N-])cc1. The normalized spacial score (nSPS) is 13.7. The topological polar surface area (TPSA) is 89.3 Å². The smallest absolute Gasteiger partial charge is 0.209 e. The maximum absolute atomic E-state index is 12.3. The number of carbonyl (C=O) groups is 1. The van der Waals surface area contributed by atoms with Crippen molar-refractivity contribution in [3.05, 3.63) is 40.3 Å². The van der Waals surface area contributed by atoms with E-state index in [1.807, 2.05) is 13.8 Å². The zero-order valence-corrected chi connectivity index (χ0v) is 11.4. The van der Waals surface area contributed by atoms with Crippen LogP contribution in [-0.4, -0.2) is 34.6 Å². The highest BCUT2D eigenvalue weighted by molar-refractivity contribution is 6.01. The molecule has 0 fully saturated rings. The van der Waals surface area contributed by atoms with Crippen molar-refractivity contribution in [3.8, 4) is 0 Å². The number of likely N-dealkylation sites (N-methyl/N-ethyl adjacent to an activating group) is 1. The molecule has 19 heavy (non-hydrogen) atoms. The number of rotatable bonds is 6. The Kier molecular flexibility index (Phi) is 5.06. The van der Waals surface area contributed by atoms with Gasteiger partial charge < -0.3 is 5.11 Å².